The van der Waals surface area contributed by atoms with Gasteiger partial charge in [0.15, 0.2) is 0 Å². The molecular weight excluding hydrogens is 252 g/mol. The van der Waals surface area contributed by atoms with Crippen LogP contribution in [0, 0.1) is 5.92 Å². The molecule has 1 saturated carbocycles. The fraction of sp³-hybridized carbons (Fsp3) is 0.625. The normalized spacial score (nSPS) is 24.9. The largest absolute Gasteiger partial charge is 0.507 e. The van der Waals surface area contributed by atoms with E-state index in [9.17, 15) is 10.2 Å². The Kier molecular flexibility index (Phi) is 3.85. The van der Waals surface area contributed by atoms with Gasteiger partial charge in [-0.05, 0) is 57.3 Å². The van der Waals surface area contributed by atoms with E-state index < -0.39 is 0 Å². The van der Waals surface area contributed by atoms with Crippen LogP contribution in [-0.4, -0.2) is 40.8 Å². The van der Waals surface area contributed by atoms with Crippen molar-refractivity contribution in [3.63, 3.8) is 0 Å². The van der Waals surface area contributed by atoms with Crippen LogP contribution >= 0.6 is 0 Å². The van der Waals surface area contributed by atoms with Crippen LogP contribution in [0.15, 0.2) is 18.2 Å². The lowest BCUT2D eigenvalue weighted by Gasteiger charge is -2.20. The molecule has 1 aromatic carbocycles. The molecular formula is C16H24N2O2. The van der Waals surface area contributed by atoms with Crippen LogP contribution in [0.4, 0.5) is 0 Å². The molecule has 4 nitrogen and oxygen atoms in total. The van der Waals surface area contributed by atoms with Crippen LogP contribution in [-0.2, 0) is 0 Å². The predicted molar refractivity (Wildman–Crippen MR) is 78.9 cm³/mol. The highest BCUT2D eigenvalue weighted by molar-refractivity contribution is 5.44. The van der Waals surface area contributed by atoms with Crippen molar-refractivity contribution in [1.29, 1.82) is 0 Å². The van der Waals surface area contributed by atoms with Gasteiger partial charge in [0.1, 0.15) is 11.5 Å². The number of nitrogens with zero attached hydrogens (tertiary/aromatic N) is 1. The van der Waals surface area contributed by atoms with Crippen molar-refractivity contribution in [3.8, 4) is 11.5 Å². The van der Waals surface area contributed by atoms with E-state index in [2.05, 4.69) is 10.2 Å². The number of hydrogen-bond acceptors (Lipinski definition) is 4. The molecule has 3 N–H and O–H groups in total. The molecule has 2 aliphatic rings. The Labute approximate surface area is 120 Å². The number of aromatic hydroxyl groups is 2. The molecule has 2 unspecified atom stereocenters. The highest BCUT2D eigenvalue weighted by Gasteiger charge is 2.34. The molecule has 4 heteroatoms. The monoisotopic (exact) mass is 276 g/mol. The molecule has 1 aromatic rings. The molecule has 1 aliphatic carbocycles. The SMILES string of the molecule is CC(NCC1CCN(C2CC2)C1)c1c(O)cccc1O. The number of phenols is 2. The van der Waals surface area contributed by atoms with Crippen molar-refractivity contribution in [2.24, 2.45) is 5.92 Å². The van der Waals surface area contributed by atoms with Crippen molar-refractivity contribution in [3.05, 3.63) is 23.8 Å². The quantitative estimate of drug-likeness (QED) is 0.772. The van der Waals surface area contributed by atoms with Gasteiger partial charge in [-0.15, -0.1) is 0 Å². The zero-order valence-corrected chi connectivity index (χ0v) is 12.0. The van der Waals surface area contributed by atoms with Crippen molar-refractivity contribution in [1.82, 2.24) is 10.2 Å². The van der Waals surface area contributed by atoms with E-state index in [1.54, 1.807) is 18.2 Å². The highest BCUT2D eigenvalue weighted by atomic mass is 16.3. The predicted octanol–water partition coefficient (Wildman–Crippen LogP) is 2.23. The summed E-state index contributed by atoms with van der Waals surface area (Å²) in [6.45, 7) is 5.35. The Morgan fingerprint density at radius 2 is 1.95 bits per heavy atom. The highest BCUT2D eigenvalue weighted by Crippen LogP contribution is 2.33. The molecule has 1 saturated heterocycles. The Hall–Kier alpha value is -1.26. The molecule has 3 rings (SSSR count). The molecule has 2 atom stereocenters. The summed E-state index contributed by atoms with van der Waals surface area (Å²) < 4.78 is 0. The molecule has 1 heterocycles. The summed E-state index contributed by atoms with van der Waals surface area (Å²) >= 11 is 0. The molecule has 0 amide bonds. The van der Waals surface area contributed by atoms with Crippen LogP contribution in [0.1, 0.15) is 37.8 Å². The van der Waals surface area contributed by atoms with E-state index in [1.165, 1.54) is 32.4 Å². The number of rotatable bonds is 5. The van der Waals surface area contributed by atoms with Gasteiger partial charge in [0.05, 0.1) is 5.56 Å². The van der Waals surface area contributed by atoms with Gasteiger partial charge in [0.25, 0.3) is 0 Å². The second kappa shape index (κ2) is 5.62. The van der Waals surface area contributed by atoms with Gasteiger partial charge in [0, 0.05) is 18.6 Å². The Bertz CT molecular complexity index is 453. The van der Waals surface area contributed by atoms with Crippen molar-refractivity contribution in [2.45, 2.75) is 38.3 Å². The molecule has 2 fully saturated rings. The number of nitrogens with one attached hydrogen (secondary N) is 1. The maximum Gasteiger partial charge on any atom is 0.124 e. The molecule has 0 radical (unpaired) electrons. The van der Waals surface area contributed by atoms with Crippen LogP contribution in [0.25, 0.3) is 0 Å². The summed E-state index contributed by atoms with van der Waals surface area (Å²) in [6.07, 6.45) is 4.01. The molecule has 20 heavy (non-hydrogen) atoms. The number of benzene rings is 1. The molecule has 0 aromatic heterocycles. The fourth-order valence-corrected chi connectivity index (χ4v) is 3.23. The minimum absolute atomic E-state index is 0.0359. The average Bonchev–Trinajstić information content (AvgIpc) is 3.16. The van der Waals surface area contributed by atoms with Gasteiger partial charge in [0.2, 0.25) is 0 Å². The molecule has 110 valence electrons. The van der Waals surface area contributed by atoms with Crippen LogP contribution in [0.2, 0.25) is 0 Å². The lowest BCUT2D eigenvalue weighted by molar-refractivity contribution is 0.309. The smallest absolute Gasteiger partial charge is 0.124 e. The second-order valence-corrected chi connectivity index (χ2v) is 6.22. The summed E-state index contributed by atoms with van der Waals surface area (Å²) in [5.41, 5.74) is 0.601. The van der Waals surface area contributed by atoms with E-state index in [0.29, 0.717) is 11.5 Å². The maximum absolute atomic E-state index is 9.87. The van der Waals surface area contributed by atoms with Crippen LogP contribution in [0.5, 0.6) is 11.5 Å². The third-order valence-electron chi connectivity index (χ3n) is 4.59. The lowest BCUT2D eigenvalue weighted by Crippen LogP contribution is -2.29. The van der Waals surface area contributed by atoms with E-state index in [4.69, 9.17) is 0 Å². The lowest BCUT2D eigenvalue weighted by atomic mass is 10.0. The van der Waals surface area contributed by atoms with E-state index in [-0.39, 0.29) is 17.5 Å². The standard InChI is InChI=1S/C16H24N2O2/c1-11(16-14(19)3-2-4-15(16)20)17-9-12-7-8-18(10-12)13-5-6-13/h2-4,11-13,17,19-20H,5-10H2,1H3. The first kappa shape index (κ1) is 13.7. The second-order valence-electron chi connectivity index (χ2n) is 6.22. The fourth-order valence-electron chi connectivity index (χ4n) is 3.23. The van der Waals surface area contributed by atoms with Crippen molar-refractivity contribution in [2.75, 3.05) is 19.6 Å². The first-order valence-electron chi connectivity index (χ1n) is 7.63. The Balaban J connectivity index is 1.53. The zero-order valence-electron chi connectivity index (χ0n) is 12.0. The Morgan fingerprint density at radius 3 is 2.60 bits per heavy atom. The molecule has 1 aliphatic heterocycles. The first-order valence-corrected chi connectivity index (χ1v) is 7.63. The summed E-state index contributed by atoms with van der Waals surface area (Å²) in [5, 5.41) is 23.2. The van der Waals surface area contributed by atoms with E-state index in [0.717, 1.165) is 12.6 Å². The number of likely N-dealkylation sites (tertiary alicyclic amines) is 1. The minimum atomic E-state index is -0.0359. The molecule has 0 spiro atoms. The van der Waals surface area contributed by atoms with Gasteiger partial charge in [-0.1, -0.05) is 6.07 Å². The third-order valence-corrected chi connectivity index (χ3v) is 4.59. The summed E-state index contributed by atoms with van der Waals surface area (Å²) in [6, 6.07) is 5.73. The van der Waals surface area contributed by atoms with Crippen LogP contribution in [0.3, 0.4) is 0 Å². The van der Waals surface area contributed by atoms with Gasteiger partial charge in [-0.2, -0.15) is 0 Å². The molecule has 0 bridgehead atoms. The topological polar surface area (TPSA) is 55.7 Å². The summed E-state index contributed by atoms with van der Waals surface area (Å²) in [7, 11) is 0. The number of hydrogen-bond donors (Lipinski definition) is 3. The maximum atomic E-state index is 9.87. The third kappa shape index (κ3) is 2.91. The van der Waals surface area contributed by atoms with Crippen molar-refractivity contribution >= 4 is 0 Å². The summed E-state index contributed by atoms with van der Waals surface area (Å²) in [4.78, 5) is 2.61. The Morgan fingerprint density at radius 1 is 1.25 bits per heavy atom. The summed E-state index contributed by atoms with van der Waals surface area (Å²) in [5.74, 6) is 1.01. The van der Waals surface area contributed by atoms with Crippen LogP contribution < -0.4 is 5.32 Å². The first-order chi connectivity index (χ1) is 9.65. The van der Waals surface area contributed by atoms with Gasteiger partial charge in [-0.3, -0.25) is 0 Å². The number of phenolic OH excluding ortho intramolecular Hbond substituents is 2. The average molecular weight is 276 g/mol. The van der Waals surface area contributed by atoms with Crippen molar-refractivity contribution < 1.29 is 10.2 Å². The van der Waals surface area contributed by atoms with E-state index in [1.807, 2.05) is 6.92 Å². The zero-order chi connectivity index (χ0) is 14.1. The van der Waals surface area contributed by atoms with Gasteiger partial charge < -0.3 is 20.4 Å². The van der Waals surface area contributed by atoms with Gasteiger partial charge >= 0.3 is 0 Å². The van der Waals surface area contributed by atoms with E-state index >= 15 is 0 Å². The minimum Gasteiger partial charge on any atom is -0.507 e. The van der Waals surface area contributed by atoms with Gasteiger partial charge in [-0.25, -0.2) is 0 Å².